The Balaban J connectivity index is 3.25. The van der Waals surface area contributed by atoms with Crippen LogP contribution in [0.4, 0.5) is 10.1 Å². The Morgan fingerprint density at radius 2 is 2.62 bits per heavy atom. The van der Waals surface area contributed by atoms with E-state index in [9.17, 15) is 14.5 Å². The van der Waals surface area contributed by atoms with Gasteiger partial charge in [0.25, 0.3) is 5.88 Å². The van der Waals surface area contributed by atoms with Crippen molar-refractivity contribution in [1.82, 2.24) is 4.98 Å². The SMILES string of the molecule is [2H]C([2H])([2H])Oc1nc(Cl)c(F)cc1[N+](=O)[O-]. The summed E-state index contributed by atoms with van der Waals surface area (Å²) >= 11 is 5.25. The molecule has 7 heteroatoms. The second kappa shape index (κ2) is 3.53. The van der Waals surface area contributed by atoms with Gasteiger partial charge in [-0.2, -0.15) is 4.98 Å². The van der Waals surface area contributed by atoms with E-state index in [-0.39, 0.29) is 0 Å². The highest BCUT2D eigenvalue weighted by Crippen LogP contribution is 2.27. The van der Waals surface area contributed by atoms with Crippen LogP contribution in [-0.2, 0) is 0 Å². The summed E-state index contributed by atoms with van der Waals surface area (Å²) in [4.78, 5) is 12.6. The number of methoxy groups -OCH3 is 1. The zero-order chi connectivity index (χ0) is 12.5. The number of hydrogen-bond acceptors (Lipinski definition) is 4. The largest absolute Gasteiger partial charge is 0.476 e. The number of pyridine rings is 1. The third-order valence-electron chi connectivity index (χ3n) is 1.17. The summed E-state index contributed by atoms with van der Waals surface area (Å²) in [6.07, 6.45) is 0. The van der Waals surface area contributed by atoms with Gasteiger partial charge in [0.15, 0.2) is 11.0 Å². The van der Waals surface area contributed by atoms with Gasteiger partial charge in [0.2, 0.25) is 0 Å². The molecule has 0 amide bonds. The minimum absolute atomic E-state index is 0.441. The van der Waals surface area contributed by atoms with E-state index < -0.39 is 34.5 Å². The highest BCUT2D eigenvalue weighted by atomic mass is 35.5. The maximum absolute atomic E-state index is 12.9. The highest BCUT2D eigenvalue weighted by Gasteiger charge is 2.19. The molecule has 0 aliphatic rings. The van der Waals surface area contributed by atoms with E-state index in [1.807, 2.05) is 0 Å². The van der Waals surface area contributed by atoms with Gasteiger partial charge in [-0.15, -0.1) is 0 Å². The second-order valence-corrected chi connectivity index (χ2v) is 2.30. The molecule has 0 aromatic carbocycles. The first-order valence-electron chi connectivity index (χ1n) is 4.40. The Labute approximate surface area is 81.5 Å². The second-order valence-electron chi connectivity index (χ2n) is 1.94. The van der Waals surface area contributed by atoms with Gasteiger partial charge in [0, 0.05) is 0 Å². The van der Waals surface area contributed by atoms with Gasteiger partial charge >= 0.3 is 5.69 Å². The zero-order valence-electron chi connectivity index (χ0n) is 8.95. The molecule has 0 bridgehead atoms. The van der Waals surface area contributed by atoms with Crippen molar-refractivity contribution in [2.24, 2.45) is 0 Å². The Morgan fingerprint density at radius 3 is 3.15 bits per heavy atom. The van der Waals surface area contributed by atoms with Crippen molar-refractivity contribution in [3.05, 3.63) is 27.2 Å². The number of aromatic nitrogens is 1. The van der Waals surface area contributed by atoms with Crippen molar-refractivity contribution in [2.75, 3.05) is 7.04 Å². The lowest BCUT2D eigenvalue weighted by molar-refractivity contribution is -0.386. The lowest BCUT2D eigenvalue weighted by Crippen LogP contribution is -1.98. The first kappa shape index (κ1) is 6.09. The first-order valence-corrected chi connectivity index (χ1v) is 3.28. The van der Waals surface area contributed by atoms with E-state index in [4.69, 9.17) is 15.7 Å². The van der Waals surface area contributed by atoms with E-state index in [0.29, 0.717) is 6.07 Å². The molecule has 1 heterocycles. The number of nitro groups is 1. The molecule has 0 aliphatic heterocycles. The van der Waals surface area contributed by atoms with Crippen LogP contribution in [0.1, 0.15) is 4.11 Å². The standard InChI is InChI=1S/C6H4ClFN2O3/c1-13-6-4(10(11)12)2-3(8)5(7)9-6/h2H,1H3/i1D3. The van der Waals surface area contributed by atoms with Gasteiger partial charge in [0.05, 0.1) is 22.1 Å². The average molecular weight is 210 g/mol. The zero-order valence-corrected chi connectivity index (χ0v) is 6.71. The van der Waals surface area contributed by atoms with Crippen LogP contribution in [-0.4, -0.2) is 16.9 Å². The van der Waals surface area contributed by atoms with Crippen molar-refractivity contribution in [2.45, 2.75) is 0 Å². The third-order valence-corrected chi connectivity index (χ3v) is 1.44. The molecule has 13 heavy (non-hydrogen) atoms. The normalized spacial score (nSPS) is 14.2. The Kier molecular flexibility index (Phi) is 1.65. The Bertz CT molecular complexity index is 440. The summed E-state index contributed by atoms with van der Waals surface area (Å²) in [5.74, 6) is -1.98. The molecular weight excluding hydrogens is 203 g/mol. The molecule has 1 rings (SSSR count). The molecule has 0 saturated carbocycles. The van der Waals surface area contributed by atoms with E-state index in [0.717, 1.165) is 0 Å². The summed E-state index contributed by atoms with van der Waals surface area (Å²) in [7, 11) is -2.93. The van der Waals surface area contributed by atoms with Crippen LogP contribution in [0.2, 0.25) is 5.15 Å². The Hall–Kier alpha value is -1.43. The molecule has 0 saturated heterocycles. The van der Waals surface area contributed by atoms with Gasteiger partial charge < -0.3 is 4.74 Å². The molecule has 0 aliphatic carbocycles. The molecule has 0 fully saturated rings. The monoisotopic (exact) mass is 209 g/mol. The molecule has 1 aromatic rings. The van der Waals surface area contributed by atoms with Crippen LogP contribution in [0.5, 0.6) is 5.88 Å². The molecule has 70 valence electrons. The summed E-state index contributed by atoms with van der Waals surface area (Å²) in [6.45, 7) is 0. The van der Waals surface area contributed by atoms with E-state index in [2.05, 4.69) is 9.72 Å². The van der Waals surface area contributed by atoms with E-state index in [1.165, 1.54) is 0 Å². The highest BCUT2D eigenvalue weighted by molar-refractivity contribution is 6.29. The van der Waals surface area contributed by atoms with Gasteiger partial charge in [-0.05, 0) is 0 Å². The fourth-order valence-corrected chi connectivity index (χ4v) is 0.778. The summed E-state index contributed by atoms with van der Waals surface area (Å²) in [6, 6.07) is 0.441. The fraction of sp³-hybridized carbons (Fsp3) is 0.167. The van der Waals surface area contributed by atoms with Crippen molar-refractivity contribution < 1.29 is 18.2 Å². The van der Waals surface area contributed by atoms with Crippen molar-refractivity contribution in [1.29, 1.82) is 0 Å². The van der Waals surface area contributed by atoms with Gasteiger partial charge in [-0.3, -0.25) is 10.1 Å². The molecule has 0 unspecified atom stereocenters. The maximum Gasteiger partial charge on any atom is 0.333 e. The number of nitrogens with zero attached hydrogens (tertiary/aromatic N) is 2. The summed E-state index contributed by atoms with van der Waals surface area (Å²) in [5.41, 5.74) is -0.905. The molecule has 5 nitrogen and oxygen atoms in total. The van der Waals surface area contributed by atoms with E-state index >= 15 is 0 Å². The average Bonchev–Trinajstić information content (AvgIpc) is 2.07. The molecule has 0 N–H and O–H groups in total. The smallest absolute Gasteiger partial charge is 0.333 e. The number of hydrogen-bond donors (Lipinski definition) is 0. The van der Waals surface area contributed by atoms with Crippen LogP contribution in [0.15, 0.2) is 6.07 Å². The summed E-state index contributed by atoms with van der Waals surface area (Å²) in [5, 5.41) is 9.76. The lowest BCUT2D eigenvalue weighted by atomic mass is 10.4. The number of ether oxygens (including phenoxy) is 1. The van der Waals surface area contributed by atoms with Crippen LogP contribution in [0, 0.1) is 15.9 Å². The molecule has 0 spiro atoms. The summed E-state index contributed by atoms with van der Waals surface area (Å²) < 4.78 is 37.3. The van der Waals surface area contributed by atoms with Crippen LogP contribution >= 0.6 is 11.6 Å². The van der Waals surface area contributed by atoms with Gasteiger partial charge in [0.1, 0.15) is 0 Å². The predicted octanol–water partition coefficient (Wildman–Crippen LogP) is 1.79. The van der Waals surface area contributed by atoms with Crippen molar-refractivity contribution >= 4 is 17.3 Å². The first-order chi connectivity index (χ1) is 7.20. The van der Waals surface area contributed by atoms with Crippen molar-refractivity contribution in [3.8, 4) is 5.88 Å². The molecule has 0 atom stereocenters. The van der Waals surface area contributed by atoms with Crippen molar-refractivity contribution in [3.63, 3.8) is 0 Å². The lowest BCUT2D eigenvalue weighted by Gasteiger charge is -2.00. The predicted molar refractivity (Wildman–Crippen MR) is 42.4 cm³/mol. The van der Waals surface area contributed by atoms with Gasteiger partial charge in [-0.1, -0.05) is 11.6 Å². The minimum Gasteiger partial charge on any atom is -0.476 e. The maximum atomic E-state index is 12.9. The third kappa shape index (κ3) is 1.83. The minimum atomic E-state index is -2.93. The van der Waals surface area contributed by atoms with Crippen LogP contribution in [0.25, 0.3) is 0 Å². The molecular formula is C6H4ClFN2O3. The van der Waals surface area contributed by atoms with E-state index in [1.54, 1.807) is 0 Å². The Morgan fingerprint density at radius 1 is 1.92 bits per heavy atom. The van der Waals surface area contributed by atoms with Crippen LogP contribution in [0.3, 0.4) is 0 Å². The molecule has 1 aromatic heterocycles. The van der Waals surface area contributed by atoms with Gasteiger partial charge in [-0.25, -0.2) is 4.39 Å². The quantitative estimate of drug-likeness (QED) is 0.423. The number of rotatable bonds is 2. The topological polar surface area (TPSA) is 65.3 Å². The molecule has 0 radical (unpaired) electrons. The number of halogens is 2. The van der Waals surface area contributed by atoms with Crippen LogP contribution < -0.4 is 4.74 Å². The fourth-order valence-electron chi connectivity index (χ4n) is 0.647.